The average molecular weight is 278 g/mol. The fourth-order valence-electron chi connectivity index (χ4n) is 3.68. The molecule has 0 saturated heterocycles. The van der Waals surface area contributed by atoms with Crippen molar-refractivity contribution < 1.29 is 15.3 Å². The number of phenolic OH excluding ortho intramolecular Hbond substituents is 3. The van der Waals surface area contributed by atoms with Gasteiger partial charge in [-0.25, -0.2) is 0 Å². The number of aromatic hydroxyl groups is 3. The van der Waals surface area contributed by atoms with E-state index in [-0.39, 0.29) is 27.7 Å². The molecule has 3 N–H and O–H groups in total. The predicted molar refractivity (Wildman–Crippen MR) is 80.2 cm³/mol. The summed E-state index contributed by atoms with van der Waals surface area (Å²) in [5.41, 5.74) is 1.14. The number of benzene rings is 1. The molecule has 0 aliphatic heterocycles. The maximum absolute atomic E-state index is 9.82. The van der Waals surface area contributed by atoms with Crippen LogP contribution in [0.1, 0.15) is 59.4 Å². The first-order valence-corrected chi connectivity index (χ1v) is 7.24. The molecule has 1 unspecified atom stereocenters. The lowest BCUT2D eigenvalue weighted by Crippen LogP contribution is -2.53. The van der Waals surface area contributed by atoms with Crippen LogP contribution in [-0.4, -0.2) is 15.3 Å². The van der Waals surface area contributed by atoms with Crippen LogP contribution in [-0.2, 0) is 5.41 Å². The molecule has 2 rings (SSSR count). The summed E-state index contributed by atoms with van der Waals surface area (Å²) in [7, 11) is 0. The molecule has 1 atom stereocenters. The molecule has 3 heteroatoms. The van der Waals surface area contributed by atoms with E-state index < -0.39 is 5.75 Å². The Bertz CT molecular complexity index is 503. The highest BCUT2D eigenvalue weighted by molar-refractivity contribution is 5.53. The number of hydrogen-bond donors (Lipinski definition) is 3. The Balaban J connectivity index is 2.54. The fourth-order valence-corrected chi connectivity index (χ4v) is 3.68. The topological polar surface area (TPSA) is 60.7 Å². The second-order valence-electron chi connectivity index (χ2n) is 8.07. The van der Waals surface area contributed by atoms with Gasteiger partial charge < -0.3 is 15.3 Å². The highest BCUT2D eigenvalue weighted by Crippen LogP contribution is 2.63. The van der Waals surface area contributed by atoms with E-state index in [9.17, 15) is 15.3 Å². The van der Waals surface area contributed by atoms with Crippen LogP contribution >= 0.6 is 0 Å². The van der Waals surface area contributed by atoms with Crippen LogP contribution in [0.5, 0.6) is 17.2 Å². The Morgan fingerprint density at radius 1 is 1.00 bits per heavy atom. The van der Waals surface area contributed by atoms with Gasteiger partial charge in [-0.3, -0.25) is 0 Å². The molecule has 0 amide bonds. The molecule has 0 radical (unpaired) electrons. The summed E-state index contributed by atoms with van der Waals surface area (Å²) < 4.78 is 0. The second-order valence-corrected chi connectivity index (χ2v) is 8.07. The normalized spacial score (nSPS) is 25.2. The molecule has 20 heavy (non-hydrogen) atoms. The summed E-state index contributed by atoms with van der Waals surface area (Å²) in [6.07, 6.45) is 3.16. The summed E-state index contributed by atoms with van der Waals surface area (Å²) >= 11 is 0. The molecular weight excluding hydrogens is 252 g/mol. The minimum Gasteiger partial charge on any atom is -0.504 e. The van der Waals surface area contributed by atoms with Gasteiger partial charge in [0.2, 0.25) is 0 Å². The number of rotatable bonds is 2. The Labute approximate surface area is 121 Å². The Morgan fingerprint density at radius 3 is 1.80 bits per heavy atom. The van der Waals surface area contributed by atoms with Gasteiger partial charge in [-0.15, -0.1) is 0 Å². The van der Waals surface area contributed by atoms with Crippen LogP contribution < -0.4 is 0 Å². The first kappa shape index (κ1) is 15.0. The van der Waals surface area contributed by atoms with E-state index in [4.69, 9.17) is 0 Å². The van der Waals surface area contributed by atoms with E-state index in [1.54, 1.807) is 12.1 Å². The maximum atomic E-state index is 9.82. The zero-order valence-corrected chi connectivity index (χ0v) is 13.1. The average Bonchev–Trinajstić information content (AvgIpc) is 2.29. The summed E-state index contributed by atoms with van der Waals surface area (Å²) in [6.45, 7) is 11.1. The first-order valence-electron chi connectivity index (χ1n) is 7.24. The number of hydrogen-bond acceptors (Lipinski definition) is 3. The molecule has 1 saturated carbocycles. The van der Waals surface area contributed by atoms with Gasteiger partial charge in [0.1, 0.15) is 0 Å². The van der Waals surface area contributed by atoms with E-state index >= 15 is 0 Å². The maximum Gasteiger partial charge on any atom is 0.200 e. The molecule has 1 fully saturated rings. The van der Waals surface area contributed by atoms with Crippen molar-refractivity contribution in [3.05, 3.63) is 17.7 Å². The zero-order valence-electron chi connectivity index (χ0n) is 13.1. The van der Waals surface area contributed by atoms with Crippen molar-refractivity contribution >= 4 is 0 Å². The van der Waals surface area contributed by atoms with Gasteiger partial charge in [0.25, 0.3) is 0 Å². The molecule has 1 aromatic carbocycles. The summed E-state index contributed by atoms with van der Waals surface area (Å²) in [4.78, 5) is 0. The molecule has 112 valence electrons. The van der Waals surface area contributed by atoms with Crippen LogP contribution in [0, 0.1) is 10.8 Å². The van der Waals surface area contributed by atoms with Crippen molar-refractivity contribution in [2.24, 2.45) is 10.8 Å². The first-order chi connectivity index (χ1) is 8.98. The minimum atomic E-state index is -0.434. The van der Waals surface area contributed by atoms with Gasteiger partial charge in [0, 0.05) is 5.41 Å². The fraction of sp³-hybridized carbons (Fsp3) is 0.647. The largest absolute Gasteiger partial charge is 0.504 e. The van der Waals surface area contributed by atoms with E-state index in [1.165, 1.54) is 0 Å². The third kappa shape index (κ3) is 2.23. The van der Waals surface area contributed by atoms with Crippen molar-refractivity contribution in [3.8, 4) is 17.2 Å². The molecular formula is C17H26O3. The van der Waals surface area contributed by atoms with Crippen LogP contribution in [0.3, 0.4) is 0 Å². The molecule has 0 bridgehead atoms. The lowest BCUT2D eigenvalue weighted by Gasteiger charge is -2.59. The van der Waals surface area contributed by atoms with Crippen LogP contribution in [0.15, 0.2) is 12.1 Å². The number of phenols is 3. The van der Waals surface area contributed by atoms with Gasteiger partial charge in [-0.2, -0.15) is 0 Å². The molecule has 0 spiro atoms. The van der Waals surface area contributed by atoms with Gasteiger partial charge in [0.15, 0.2) is 17.2 Å². The zero-order chi connectivity index (χ0) is 15.3. The Kier molecular flexibility index (Phi) is 3.23. The minimum absolute atomic E-state index is 0.0616. The molecule has 1 aliphatic rings. The lowest BCUT2D eigenvalue weighted by molar-refractivity contribution is -0.00779. The Hall–Kier alpha value is -1.38. The highest BCUT2D eigenvalue weighted by atomic mass is 16.3. The van der Waals surface area contributed by atoms with Crippen LogP contribution in [0.4, 0.5) is 0 Å². The smallest absolute Gasteiger partial charge is 0.200 e. The molecule has 3 nitrogen and oxygen atoms in total. The van der Waals surface area contributed by atoms with Crippen molar-refractivity contribution in [2.75, 3.05) is 0 Å². The third-order valence-corrected chi connectivity index (χ3v) is 4.93. The second kappa shape index (κ2) is 4.31. The standard InChI is InChI=1S/C17H26O3/c1-15(2,3)10-17(7-6-16(17,4)5)11-8-12(18)14(20)13(19)9-11/h8-9,18-20H,6-7,10H2,1-5H3. The van der Waals surface area contributed by atoms with E-state index in [0.717, 1.165) is 24.8 Å². The van der Waals surface area contributed by atoms with Gasteiger partial charge >= 0.3 is 0 Å². The molecule has 1 aliphatic carbocycles. The highest BCUT2D eigenvalue weighted by Gasteiger charge is 2.55. The van der Waals surface area contributed by atoms with Crippen molar-refractivity contribution in [1.82, 2.24) is 0 Å². The monoisotopic (exact) mass is 278 g/mol. The summed E-state index contributed by atoms with van der Waals surface area (Å²) in [6, 6.07) is 3.23. The Morgan fingerprint density at radius 2 is 1.50 bits per heavy atom. The van der Waals surface area contributed by atoms with E-state index in [2.05, 4.69) is 34.6 Å². The van der Waals surface area contributed by atoms with Gasteiger partial charge in [0.05, 0.1) is 0 Å². The SMILES string of the molecule is CC(C)(C)CC1(c2cc(O)c(O)c(O)c2)CCC1(C)C. The predicted octanol–water partition coefficient (Wildman–Crippen LogP) is 4.30. The summed E-state index contributed by atoms with van der Waals surface area (Å²) in [5.74, 6) is -0.913. The molecule has 0 heterocycles. The van der Waals surface area contributed by atoms with Crippen LogP contribution in [0.25, 0.3) is 0 Å². The van der Waals surface area contributed by atoms with Crippen molar-refractivity contribution in [3.63, 3.8) is 0 Å². The van der Waals surface area contributed by atoms with Crippen LogP contribution in [0.2, 0.25) is 0 Å². The summed E-state index contributed by atoms with van der Waals surface area (Å²) in [5, 5.41) is 29.2. The van der Waals surface area contributed by atoms with E-state index in [1.807, 2.05) is 0 Å². The third-order valence-electron chi connectivity index (χ3n) is 4.93. The van der Waals surface area contributed by atoms with Gasteiger partial charge in [-0.05, 0) is 47.8 Å². The lowest BCUT2D eigenvalue weighted by atomic mass is 9.45. The molecule has 1 aromatic rings. The van der Waals surface area contributed by atoms with E-state index in [0.29, 0.717) is 0 Å². The van der Waals surface area contributed by atoms with Crippen molar-refractivity contribution in [2.45, 2.75) is 59.3 Å². The van der Waals surface area contributed by atoms with Crippen molar-refractivity contribution in [1.29, 1.82) is 0 Å². The quantitative estimate of drug-likeness (QED) is 0.707. The van der Waals surface area contributed by atoms with Gasteiger partial charge in [-0.1, -0.05) is 34.6 Å². The molecule has 0 aromatic heterocycles.